The van der Waals surface area contributed by atoms with Crippen molar-refractivity contribution < 1.29 is 24.2 Å². The smallest absolute Gasteiger partial charge is 0.410 e. The first kappa shape index (κ1) is 26.0. The van der Waals surface area contributed by atoms with Gasteiger partial charge >= 0.3 is 6.09 Å². The predicted octanol–water partition coefficient (Wildman–Crippen LogP) is 5.32. The molecule has 0 radical (unpaired) electrons. The van der Waals surface area contributed by atoms with Gasteiger partial charge in [-0.25, -0.2) is 4.79 Å². The van der Waals surface area contributed by atoms with Crippen LogP contribution in [0.25, 0.3) is 10.8 Å². The normalized spacial score (nSPS) is 20.3. The lowest BCUT2D eigenvalue weighted by Crippen LogP contribution is -2.42. The summed E-state index contributed by atoms with van der Waals surface area (Å²) in [5.74, 6) is 0.409. The number of hydrogen-bond acceptors (Lipinski definition) is 5. The van der Waals surface area contributed by atoms with E-state index in [9.17, 15) is 14.7 Å². The Morgan fingerprint density at radius 2 is 1.82 bits per heavy atom. The number of fused-ring (bicyclic) bond motifs is 1. The number of aliphatic hydroxyl groups excluding tert-OH is 1. The summed E-state index contributed by atoms with van der Waals surface area (Å²) >= 11 is 0. The first-order valence-corrected chi connectivity index (χ1v) is 13.3. The number of rotatable bonds is 6. The number of nitrogens with one attached hydrogen (secondary N) is 1. The molecule has 7 nitrogen and oxygen atoms in total. The lowest BCUT2D eigenvalue weighted by Gasteiger charge is -2.28. The number of aliphatic hydroxyl groups is 1. The van der Waals surface area contributed by atoms with Crippen molar-refractivity contribution in [2.24, 2.45) is 0 Å². The quantitative estimate of drug-likeness (QED) is 0.463. The maximum Gasteiger partial charge on any atom is 0.410 e. The summed E-state index contributed by atoms with van der Waals surface area (Å²) in [5.41, 5.74) is 1.57. The van der Waals surface area contributed by atoms with Crippen LogP contribution in [0.15, 0.2) is 60.7 Å². The standard InChI is InChI=1S/C31H36N2O5/c1-20-12-13-24(37-19-22-16-23(34)18-33(22)29(36)38-30(2,3)4)17-26(20)28(35)32-31(14-15-31)27-11-7-9-21-8-5-6-10-25(21)27/h5-13,17,22-23,34H,14-16,18-19H2,1-4H3,(H,32,35). The fraction of sp³-hybridized carbons (Fsp3) is 0.419. The molecule has 3 aromatic carbocycles. The van der Waals surface area contributed by atoms with Crippen molar-refractivity contribution in [3.05, 3.63) is 77.4 Å². The Hall–Kier alpha value is -3.58. The van der Waals surface area contributed by atoms with Crippen LogP contribution in [0.3, 0.4) is 0 Å². The van der Waals surface area contributed by atoms with E-state index in [1.165, 1.54) is 4.90 Å². The molecule has 1 saturated carbocycles. The summed E-state index contributed by atoms with van der Waals surface area (Å²) in [6.45, 7) is 7.75. The Balaban J connectivity index is 1.29. The minimum atomic E-state index is -0.626. The van der Waals surface area contributed by atoms with E-state index >= 15 is 0 Å². The molecule has 2 N–H and O–H groups in total. The van der Waals surface area contributed by atoms with Crippen molar-refractivity contribution in [3.63, 3.8) is 0 Å². The highest BCUT2D eigenvalue weighted by molar-refractivity contribution is 5.97. The van der Waals surface area contributed by atoms with Crippen LogP contribution in [0.1, 0.15) is 61.5 Å². The molecule has 1 aliphatic heterocycles. The Morgan fingerprint density at radius 3 is 2.55 bits per heavy atom. The Morgan fingerprint density at radius 1 is 1.08 bits per heavy atom. The van der Waals surface area contributed by atoms with Crippen molar-refractivity contribution in [1.82, 2.24) is 10.2 Å². The maximum absolute atomic E-state index is 13.5. The molecule has 2 amide bonds. The fourth-order valence-corrected chi connectivity index (χ4v) is 5.24. The van der Waals surface area contributed by atoms with Gasteiger partial charge in [0.05, 0.1) is 24.2 Å². The highest BCUT2D eigenvalue weighted by Gasteiger charge is 2.46. The molecular weight excluding hydrogens is 480 g/mol. The summed E-state index contributed by atoms with van der Waals surface area (Å²) in [6.07, 6.45) is 1.11. The minimum Gasteiger partial charge on any atom is -0.491 e. The number of β-amino-alcohol motifs (C(OH)–C–C–N with tert-alkyl or cyclic N) is 1. The van der Waals surface area contributed by atoms with Crippen molar-refractivity contribution in [3.8, 4) is 5.75 Å². The van der Waals surface area contributed by atoms with Crippen molar-refractivity contribution in [2.45, 2.75) is 70.2 Å². The number of aryl methyl sites for hydroxylation is 1. The van der Waals surface area contributed by atoms with Crippen molar-refractivity contribution in [1.29, 1.82) is 0 Å². The van der Waals surface area contributed by atoms with Gasteiger partial charge in [0.1, 0.15) is 18.0 Å². The number of carbonyl (C=O) groups is 2. The number of nitrogens with zero attached hydrogens (tertiary/aromatic N) is 1. The lowest BCUT2D eigenvalue weighted by molar-refractivity contribution is 0.0173. The monoisotopic (exact) mass is 516 g/mol. The third-order valence-corrected chi connectivity index (χ3v) is 7.32. The molecule has 2 unspecified atom stereocenters. The summed E-state index contributed by atoms with van der Waals surface area (Å²) in [7, 11) is 0. The average molecular weight is 517 g/mol. The van der Waals surface area contributed by atoms with E-state index in [0.717, 1.165) is 34.7 Å². The van der Waals surface area contributed by atoms with Crippen molar-refractivity contribution in [2.75, 3.05) is 13.2 Å². The van der Waals surface area contributed by atoms with Gasteiger partial charge in [0, 0.05) is 5.56 Å². The molecule has 3 aromatic rings. The van der Waals surface area contributed by atoms with Crippen LogP contribution in [-0.2, 0) is 10.3 Å². The van der Waals surface area contributed by atoms with Crippen LogP contribution < -0.4 is 10.1 Å². The first-order valence-electron chi connectivity index (χ1n) is 13.3. The third-order valence-electron chi connectivity index (χ3n) is 7.32. The molecular formula is C31H36N2O5. The summed E-state index contributed by atoms with van der Waals surface area (Å²) in [4.78, 5) is 27.7. The lowest BCUT2D eigenvalue weighted by atomic mass is 9.96. The van der Waals surface area contributed by atoms with Gasteiger partial charge in [0.25, 0.3) is 5.91 Å². The van der Waals surface area contributed by atoms with E-state index in [2.05, 4.69) is 29.6 Å². The van der Waals surface area contributed by atoms with Crippen LogP contribution in [-0.4, -0.2) is 52.9 Å². The molecule has 1 saturated heterocycles. The highest BCUT2D eigenvalue weighted by atomic mass is 16.6. The van der Waals surface area contributed by atoms with Gasteiger partial charge in [-0.2, -0.15) is 0 Å². The van der Waals surface area contributed by atoms with Gasteiger partial charge < -0.3 is 19.9 Å². The molecule has 2 aliphatic rings. The van der Waals surface area contributed by atoms with Crippen LogP contribution in [0.5, 0.6) is 5.75 Å². The zero-order valence-electron chi connectivity index (χ0n) is 22.5. The largest absolute Gasteiger partial charge is 0.491 e. The van der Waals surface area contributed by atoms with Gasteiger partial charge in [0.2, 0.25) is 0 Å². The van der Waals surface area contributed by atoms with E-state index < -0.39 is 17.8 Å². The molecule has 5 rings (SSSR count). The topological polar surface area (TPSA) is 88.1 Å². The van der Waals surface area contributed by atoms with E-state index in [1.807, 2.05) is 58.0 Å². The zero-order chi connectivity index (χ0) is 27.1. The van der Waals surface area contributed by atoms with Crippen LogP contribution in [0, 0.1) is 6.92 Å². The number of amides is 2. The second-order valence-electron chi connectivity index (χ2n) is 11.5. The summed E-state index contributed by atoms with van der Waals surface area (Å²) in [6, 6.07) is 19.6. The van der Waals surface area contributed by atoms with E-state index in [1.54, 1.807) is 6.07 Å². The minimum absolute atomic E-state index is 0.134. The molecule has 38 heavy (non-hydrogen) atoms. The Kier molecular flexibility index (Phi) is 6.82. The Bertz CT molecular complexity index is 1350. The molecule has 0 spiro atoms. The van der Waals surface area contributed by atoms with E-state index in [0.29, 0.717) is 17.7 Å². The van der Waals surface area contributed by atoms with E-state index in [-0.39, 0.29) is 30.6 Å². The number of likely N-dealkylation sites (tertiary alicyclic amines) is 1. The van der Waals surface area contributed by atoms with Gasteiger partial charge in [-0.05, 0) is 81.0 Å². The molecule has 200 valence electrons. The van der Waals surface area contributed by atoms with Gasteiger partial charge in [0.15, 0.2) is 0 Å². The SMILES string of the molecule is Cc1ccc(OCC2CC(O)CN2C(=O)OC(C)(C)C)cc1C(=O)NC1(c2cccc3ccccc23)CC1. The predicted molar refractivity (Wildman–Crippen MR) is 146 cm³/mol. The molecule has 1 heterocycles. The molecule has 2 atom stereocenters. The molecule has 0 bridgehead atoms. The first-order chi connectivity index (χ1) is 18.0. The maximum atomic E-state index is 13.5. The van der Waals surface area contributed by atoms with Crippen LogP contribution >= 0.6 is 0 Å². The van der Waals surface area contributed by atoms with Crippen molar-refractivity contribution >= 4 is 22.8 Å². The molecule has 2 fully saturated rings. The Labute approximate surface area is 223 Å². The second kappa shape index (κ2) is 9.95. The zero-order valence-corrected chi connectivity index (χ0v) is 22.5. The van der Waals surface area contributed by atoms with Gasteiger partial charge in [-0.3, -0.25) is 9.69 Å². The van der Waals surface area contributed by atoms with Gasteiger partial charge in [-0.15, -0.1) is 0 Å². The van der Waals surface area contributed by atoms with Crippen LogP contribution in [0.2, 0.25) is 0 Å². The summed E-state index contributed by atoms with van der Waals surface area (Å²) < 4.78 is 11.5. The average Bonchev–Trinajstić information content (AvgIpc) is 3.54. The second-order valence-corrected chi connectivity index (χ2v) is 11.5. The third kappa shape index (κ3) is 5.48. The van der Waals surface area contributed by atoms with E-state index in [4.69, 9.17) is 9.47 Å². The number of ether oxygens (including phenoxy) is 2. The van der Waals surface area contributed by atoms with Gasteiger partial charge in [-0.1, -0.05) is 48.5 Å². The highest BCUT2D eigenvalue weighted by Crippen LogP contribution is 2.48. The van der Waals surface area contributed by atoms with Crippen LogP contribution in [0.4, 0.5) is 4.79 Å². The summed E-state index contributed by atoms with van der Waals surface area (Å²) in [5, 5.41) is 15.8. The molecule has 7 heteroatoms. The fourth-order valence-electron chi connectivity index (χ4n) is 5.24. The number of carbonyl (C=O) groups excluding carboxylic acids is 2. The molecule has 1 aliphatic carbocycles. The molecule has 0 aromatic heterocycles. The number of hydrogen-bond donors (Lipinski definition) is 2. The number of benzene rings is 3.